The molecule has 12 heteroatoms. The van der Waals surface area contributed by atoms with Crippen molar-refractivity contribution in [1.29, 1.82) is 0 Å². The lowest BCUT2D eigenvalue weighted by Crippen LogP contribution is -2.54. The Balaban J connectivity index is 1.65. The number of carboxylic acids is 1. The number of carboxylic acid groups (broad SMARTS) is 1. The fourth-order valence-corrected chi connectivity index (χ4v) is 4.71. The minimum atomic E-state index is -1.16. The van der Waals surface area contributed by atoms with E-state index in [0.29, 0.717) is 43.8 Å². The number of ether oxygens (including phenoxy) is 2. The zero-order valence-electron chi connectivity index (χ0n) is 20.2. The highest BCUT2D eigenvalue weighted by Crippen LogP contribution is 2.39. The van der Waals surface area contributed by atoms with E-state index in [1.807, 2.05) is 0 Å². The van der Waals surface area contributed by atoms with Crippen LogP contribution in [0.4, 0.5) is 10.5 Å². The van der Waals surface area contributed by atoms with E-state index in [4.69, 9.17) is 37.8 Å². The first kappa shape index (κ1) is 28.2. The van der Waals surface area contributed by atoms with Gasteiger partial charge in [-0.1, -0.05) is 29.3 Å². The smallest absolute Gasteiger partial charge is 0.335 e. The molecule has 0 aliphatic carbocycles. The number of nitrogens with zero attached hydrogens (tertiary/aromatic N) is 1. The second-order valence-electron chi connectivity index (χ2n) is 8.10. The molecule has 1 saturated heterocycles. The minimum Gasteiger partial charge on any atom is -0.490 e. The number of carbonyl (C=O) groups excluding carboxylic acids is 3. The van der Waals surface area contributed by atoms with Crippen molar-refractivity contribution in [3.05, 3.63) is 91.4 Å². The zero-order valence-corrected chi connectivity index (χ0v) is 23.3. The normalized spacial score (nSPS) is 14.4. The Hall–Kier alpha value is -3.86. The number of aromatic carboxylic acids is 1. The van der Waals surface area contributed by atoms with Crippen molar-refractivity contribution in [2.45, 2.75) is 13.5 Å². The lowest BCUT2D eigenvalue weighted by Gasteiger charge is -2.26. The molecule has 4 rings (SSSR count). The van der Waals surface area contributed by atoms with Gasteiger partial charge in [0.1, 0.15) is 12.2 Å². The second-order valence-corrected chi connectivity index (χ2v) is 9.80. The van der Waals surface area contributed by atoms with Crippen LogP contribution in [-0.4, -0.2) is 35.5 Å². The molecule has 0 aromatic heterocycles. The summed E-state index contributed by atoms with van der Waals surface area (Å²) < 4.78 is 12.2. The van der Waals surface area contributed by atoms with Gasteiger partial charge in [0, 0.05) is 15.6 Å². The van der Waals surface area contributed by atoms with Crippen LogP contribution >= 0.6 is 39.1 Å². The summed E-state index contributed by atoms with van der Waals surface area (Å²) in [6.07, 6.45) is 1.32. The van der Waals surface area contributed by atoms with Crippen molar-refractivity contribution in [2.75, 3.05) is 11.5 Å². The summed E-state index contributed by atoms with van der Waals surface area (Å²) in [5, 5.41) is 12.2. The number of anilines is 1. The van der Waals surface area contributed by atoms with Gasteiger partial charge in [-0.25, -0.2) is 14.5 Å². The van der Waals surface area contributed by atoms with Gasteiger partial charge in [0.15, 0.2) is 11.5 Å². The highest BCUT2D eigenvalue weighted by Gasteiger charge is 2.37. The molecular formula is C27H19BrCl2N2O7. The van der Waals surface area contributed by atoms with Crippen LogP contribution in [0, 0.1) is 0 Å². The van der Waals surface area contributed by atoms with Gasteiger partial charge in [-0.15, -0.1) is 0 Å². The highest BCUT2D eigenvalue weighted by atomic mass is 79.9. The first-order chi connectivity index (χ1) is 18.6. The van der Waals surface area contributed by atoms with Gasteiger partial charge >= 0.3 is 12.0 Å². The van der Waals surface area contributed by atoms with Gasteiger partial charge in [0.05, 0.1) is 22.3 Å². The zero-order chi connectivity index (χ0) is 28.3. The van der Waals surface area contributed by atoms with Crippen LogP contribution in [0.1, 0.15) is 28.4 Å². The number of hydrogen-bond donors (Lipinski definition) is 2. The Morgan fingerprint density at radius 3 is 2.41 bits per heavy atom. The van der Waals surface area contributed by atoms with Gasteiger partial charge in [-0.3, -0.25) is 14.9 Å². The molecule has 0 bridgehead atoms. The fourth-order valence-electron chi connectivity index (χ4n) is 3.67. The number of barbiturate groups is 1. The summed E-state index contributed by atoms with van der Waals surface area (Å²) in [4.78, 5) is 50.2. The Labute approximate surface area is 241 Å². The summed E-state index contributed by atoms with van der Waals surface area (Å²) in [6, 6.07) is 12.4. The van der Waals surface area contributed by atoms with Gasteiger partial charge in [0.2, 0.25) is 0 Å². The molecule has 9 nitrogen and oxygen atoms in total. The van der Waals surface area contributed by atoms with Crippen molar-refractivity contribution < 1.29 is 33.8 Å². The molecule has 1 aliphatic heterocycles. The third kappa shape index (κ3) is 6.25. The number of halogens is 3. The Bertz CT molecular complexity index is 1520. The number of urea groups is 1. The molecule has 0 saturated carbocycles. The van der Waals surface area contributed by atoms with Crippen molar-refractivity contribution in [1.82, 2.24) is 5.32 Å². The largest absolute Gasteiger partial charge is 0.490 e. The van der Waals surface area contributed by atoms with Gasteiger partial charge in [0.25, 0.3) is 11.8 Å². The first-order valence-electron chi connectivity index (χ1n) is 11.4. The SMILES string of the molecule is CCOc1cc(/C=C2\C(=O)NC(=O)N(c3ccc(C(=O)O)cc3)C2=O)cc(Br)c1OCc1ccc(Cl)cc1Cl. The Kier molecular flexibility index (Phi) is 8.59. The molecule has 0 unspecified atom stereocenters. The van der Waals surface area contributed by atoms with E-state index < -0.39 is 23.8 Å². The van der Waals surface area contributed by atoms with Crippen LogP contribution in [0.5, 0.6) is 11.5 Å². The molecule has 39 heavy (non-hydrogen) atoms. The van der Waals surface area contributed by atoms with Gasteiger partial charge in [-0.05, 0) is 83.0 Å². The van der Waals surface area contributed by atoms with Crippen molar-refractivity contribution in [3.63, 3.8) is 0 Å². The molecule has 0 spiro atoms. The minimum absolute atomic E-state index is 0.0237. The molecule has 1 heterocycles. The molecule has 200 valence electrons. The summed E-state index contributed by atoms with van der Waals surface area (Å²) in [5.41, 5.74) is 0.877. The molecule has 3 aromatic rings. The van der Waals surface area contributed by atoms with Crippen molar-refractivity contribution >= 4 is 74.7 Å². The monoisotopic (exact) mass is 632 g/mol. The van der Waals surface area contributed by atoms with Crippen molar-refractivity contribution in [2.24, 2.45) is 0 Å². The summed E-state index contributed by atoms with van der Waals surface area (Å²) in [5.74, 6) is -2.20. The molecule has 0 radical (unpaired) electrons. The maximum atomic E-state index is 13.2. The van der Waals surface area contributed by atoms with Crippen LogP contribution in [-0.2, 0) is 16.2 Å². The lowest BCUT2D eigenvalue weighted by atomic mass is 10.1. The quantitative estimate of drug-likeness (QED) is 0.227. The number of imide groups is 2. The molecule has 1 fully saturated rings. The highest BCUT2D eigenvalue weighted by molar-refractivity contribution is 9.10. The maximum Gasteiger partial charge on any atom is 0.335 e. The molecule has 0 atom stereocenters. The van der Waals surface area contributed by atoms with Crippen molar-refractivity contribution in [3.8, 4) is 11.5 Å². The molecule has 2 N–H and O–H groups in total. The van der Waals surface area contributed by atoms with Crippen LogP contribution < -0.4 is 19.7 Å². The van der Waals surface area contributed by atoms with E-state index in [2.05, 4.69) is 21.2 Å². The molecule has 3 aromatic carbocycles. The molecule has 4 amide bonds. The van der Waals surface area contributed by atoms with E-state index in [1.54, 1.807) is 37.3 Å². The predicted octanol–water partition coefficient (Wildman–Crippen LogP) is 6.10. The maximum absolute atomic E-state index is 13.2. The number of carbonyl (C=O) groups is 4. The standard InChI is InChI=1S/C27H19BrCl2N2O7/c1-2-38-22-11-14(10-20(28)23(22)39-13-16-3-6-17(29)12-21(16)30)9-19-24(33)31-27(37)32(25(19)34)18-7-4-15(5-8-18)26(35)36/h3-12H,2,13H2,1H3,(H,35,36)(H,31,33,37)/b19-9+. The number of amides is 4. The van der Waals surface area contributed by atoms with E-state index >= 15 is 0 Å². The Morgan fingerprint density at radius 1 is 1.05 bits per heavy atom. The predicted molar refractivity (Wildman–Crippen MR) is 149 cm³/mol. The van der Waals surface area contributed by atoms with Gasteiger partial charge < -0.3 is 14.6 Å². The summed E-state index contributed by atoms with van der Waals surface area (Å²) in [7, 11) is 0. The second kappa shape index (κ2) is 11.9. The third-order valence-electron chi connectivity index (χ3n) is 5.50. The number of rotatable bonds is 8. The topological polar surface area (TPSA) is 122 Å². The fraction of sp³-hybridized carbons (Fsp3) is 0.111. The number of nitrogens with one attached hydrogen (secondary N) is 1. The average Bonchev–Trinajstić information content (AvgIpc) is 2.87. The molecule has 1 aliphatic rings. The van der Waals surface area contributed by atoms with Crippen LogP contribution in [0.3, 0.4) is 0 Å². The number of benzene rings is 3. The van der Waals surface area contributed by atoms with Crippen LogP contribution in [0.2, 0.25) is 10.0 Å². The van der Waals surface area contributed by atoms with Crippen LogP contribution in [0.25, 0.3) is 6.08 Å². The first-order valence-corrected chi connectivity index (χ1v) is 12.9. The van der Waals surface area contributed by atoms with E-state index in [9.17, 15) is 19.2 Å². The van der Waals surface area contributed by atoms with Gasteiger partial charge in [-0.2, -0.15) is 0 Å². The van der Waals surface area contributed by atoms with E-state index in [1.165, 1.54) is 30.3 Å². The van der Waals surface area contributed by atoms with Crippen LogP contribution in [0.15, 0.2) is 64.6 Å². The summed E-state index contributed by atoms with van der Waals surface area (Å²) >= 11 is 15.7. The van der Waals surface area contributed by atoms with E-state index in [-0.39, 0.29) is 23.4 Å². The number of hydrogen-bond acceptors (Lipinski definition) is 6. The lowest BCUT2D eigenvalue weighted by molar-refractivity contribution is -0.122. The molecular weight excluding hydrogens is 615 g/mol. The summed E-state index contributed by atoms with van der Waals surface area (Å²) in [6.45, 7) is 2.21. The third-order valence-corrected chi connectivity index (χ3v) is 6.68. The Morgan fingerprint density at radius 2 is 1.77 bits per heavy atom. The average molecular weight is 634 g/mol. The van der Waals surface area contributed by atoms with E-state index in [0.717, 1.165) is 4.90 Å².